The molecule has 1 aromatic heterocycles. The second kappa shape index (κ2) is 6.30. The summed E-state index contributed by atoms with van der Waals surface area (Å²) in [6.45, 7) is 3.83. The number of nitrogens with one attached hydrogen (secondary N) is 1. The molecule has 0 saturated heterocycles. The van der Waals surface area contributed by atoms with Crippen LogP contribution in [0.25, 0.3) is 0 Å². The molecule has 0 radical (unpaired) electrons. The van der Waals surface area contributed by atoms with Gasteiger partial charge in [-0.05, 0) is 25.1 Å². The summed E-state index contributed by atoms with van der Waals surface area (Å²) in [5, 5.41) is 2.85. The summed E-state index contributed by atoms with van der Waals surface area (Å²) in [4.78, 5) is 16.6. The van der Waals surface area contributed by atoms with Crippen LogP contribution in [0.3, 0.4) is 0 Å². The first-order chi connectivity index (χ1) is 10.1. The maximum Gasteiger partial charge on any atom is 0.247 e. The highest BCUT2D eigenvalue weighted by atomic mass is 16.5. The van der Waals surface area contributed by atoms with Crippen LogP contribution >= 0.6 is 0 Å². The number of methoxy groups -OCH3 is 1. The normalized spacial score (nSPS) is 12.0. The molecule has 0 fully saturated rings. The number of anilines is 2. The Labute approximate surface area is 123 Å². The summed E-state index contributed by atoms with van der Waals surface area (Å²) < 4.78 is 7.08. The van der Waals surface area contributed by atoms with E-state index >= 15 is 0 Å². The first-order valence-electron chi connectivity index (χ1n) is 6.83. The Morgan fingerprint density at radius 1 is 1.52 bits per heavy atom. The zero-order chi connectivity index (χ0) is 15.4. The van der Waals surface area contributed by atoms with Crippen molar-refractivity contribution in [3.63, 3.8) is 0 Å². The lowest BCUT2D eigenvalue weighted by Gasteiger charge is -2.17. The Hall–Kier alpha value is -2.50. The first-order valence-corrected chi connectivity index (χ1v) is 6.83. The van der Waals surface area contributed by atoms with E-state index in [0.29, 0.717) is 17.1 Å². The van der Waals surface area contributed by atoms with Gasteiger partial charge in [0, 0.05) is 24.5 Å². The number of hydrogen-bond acceptors (Lipinski definition) is 4. The second-order valence-electron chi connectivity index (χ2n) is 4.73. The van der Waals surface area contributed by atoms with Gasteiger partial charge in [-0.1, -0.05) is 6.92 Å². The molecule has 3 N–H and O–H groups in total. The number of hydrogen-bond donors (Lipinski definition) is 2. The van der Waals surface area contributed by atoms with Gasteiger partial charge >= 0.3 is 0 Å². The van der Waals surface area contributed by atoms with E-state index < -0.39 is 0 Å². The summed E-state index contributed by atoms with van der Waals surface area (Å²) in [6.07, 6.45) is 4.27. The molecular formula is C15H20N4O2. The van der Waals surface area contributed by atoms with E-state index in [4.69, 9.17) is 10.5 Å². The second-order valence-corrected chi connectivity index (χ2v) is 4.73. The molecule has 6 nitrogen and oxygen atoms in total. The molecule has 1 aromatic carbocycles. The summed E-state index contributed by atoms with van der Waals surface area (Å²) >= 11 is 0. The molecule has 1 atom stereocenters. The number of carbonyl (C=O) groups is 1. The molecule has 112 valence electrons. The molecular weight excluding hydrogens is 268 g/mol. The molecule has 21 heavy (non-hydrogen) atoms. The van der Waals surface area contributed by atoms with E-state index in [9.17, 15) is 4.79 Å². The minimum absolute atomic E-state index is 0.147. The predicted molar refractivity (Wildman–Crippen MR) is 82.4 cm³/mol. The lowest BCUT2D eigenvalue weighted by molar-refractivity contribution is -0.118. The molecule has 2 aromatic rings. The molecule has 0 spiro atoms. The standard InChI is InChI=1S/C15H20N4O2/c1-4-14-17-7-8-19(14)10(2)15(20)18-12-9-11(16)5-6-13(12)21-3/h5-10H,4,16H2,1-3H3,(H,18,20). The molecule has 1 amide bonds. The van der Waals surface area contributed by atoms with Crippen molar-refractivity contribution in [1.29, 1.82) is 0 Å². The number of carbonyl (C=O) groups excluding carboxylic acids is 1. The Morgan fingerprint density at radius 3 is 2.95 bits per heavy atom. The number of nitrogens with two attached hydrogens (primary N) is 1. The molecule has 0 aliphatic heterocycles. The van der Waals surface area contributed by atoms with Gasteiger partial charge < -0.3 is 20.4 Å². The fraction of sp³-hybridized carbons (Fsp3) is 0.333. The van der Waals surface area contributed by atoms with Crippen LogP contribution in [-0.2, 0) is 11.2 Å². The summed E-state index contributed by atoms with van der Waals surface area (Å²) in [7, 11) is 1.55. The molecule has 2 rings (SSSR count). The van der Waals surface area contributed by atoms with Gasteiger partial charge in [0.1, 0.15) is 17.6 Å². The highest BCUT2D eigenvalue weighted by molar-refractivity contribution is 5.95. The van der Waals surface area contributed by atoms with Crippen molar-refractivity contribution in [3.05, 3.63) is 36.4 Å². The maximum absolute atomic E-state index is 12.4. The number of aromatic nitrogens is 2. The van der Waals surface area contributed by atoms with Gasteiger partial charge in [-0.2, -0.15) is 0 Å². The van der Waals surface area contributed by atoms with Crippen molar-refractivity contribution in [3.8, 4) is 5.75 Å². The van der Waals surface area contributed by atoms with Crippen LogP contribution < -0.4 is 15.8 Å². The van der Waals surface area contributed by atoms with Gasteiger partial charge in [-0.25, -0.2) is 4.98 Å². The van der Waals surface area contributed by atoms with Crippen LogP contribution in [0, 0.1) is 0 Å². The Bertz CT molecular complexity index is 636. The van der Waals surface area contributed by atoms with Crippen molar-refractivity contribution in [1.82, 2.24) is 9.55 Å². The number of rotatable bonds is 5. The summed E-state index contributed by atoms with van der Waals surface area (Å²) in [5.41, 5.74) is 6.88. The number of ether oxygens (including phenoxy) is 1. The smallest absolute Gasteiger partial charge is 0.247 e. The summed E-state index contributed by atoms with van der Waals surface area (Å²) in [5.74, 6) is 1.30. The third-order valence-electron chi connectivity index (χ3n) is 3.34. The molecule has 0 aliphatic carbocycles. The van der Waals surface area contributed by atoms with Crippen molar-refractivity contribution >= 4 is 17.3 Å². The van der Waals surface area contributed by atoms with Crippen molar-refractivity contribution in [2.75, 3.05) is 18.2 Å². The Balaban J connectivity index is 2.20. The lowest BCUT2D eigenvalue weighted by atomic mass is 10.2. The zero-order valence-corrected chi connectivity index (χ0v) is 12.5. The highest BCUT2D eigenvalue weighted by Crippen LogP contribution is 2.27. The largest absolute Gasteiger partial charge is 0.495 e. The van der Waals surface area contributed by atoms with Gasteiger partial charge in [0.05, 0.1) is 12.8 Å². The van der Waals surface area contributed by atoms with Crippen LogP contribution in [0.4, 0.5) is 11.4 Å². The first kappa shape index (κ1) is 14.9. The van der Waals surface area contributed by atoms with Crippen molar-refractivity contribution < 1.29 is 9.53 Å². The van der Waals surface area contributed by atoms with E-state index in [-0.39, 0.29) is 11.9 Å². The molecule has 1 unspecified atom stereocenters. The van der Waals surface area contributed by atoms with Gasteiger partial charge in [0.25, 0.3) is 0 Å². The van der Waals surface area contributed by atoms with E-state index in [1.165, 1.54) is 0 Å². The molecule has 0 saturated carbocycles. The highest BCUT2D eigenvalue weighted by Gasteiger charge is 2.18. The van der Waals surface area contributed by atoms with Crippen LogP contribution in [0.15, 0.2) is 30.6 Å². The number of aryl methyl sites for hydroxylation is 1. The number of nitrogens with zero attached hydrogens (tertiary/aromatic N) is 2. The topological polar surface area (TPSA) is 82.2 Å². The van der Waals surface area contributed by atoms with E-state index in [1.54, 1.807) is 37.7 Å². The van der Waals surface area contributed by atoms with Crippen molar-refractivity contribution in [2.45, 2.75) is 26.3 Å². The fourth-order valence-electron chi connectivity index (χ4n) is 2.16. The molecule has 6 heteroatoms. The average Bonchev–Trinajstić information content (AvgIpc) is 2.95. The van der Waals surface area contributed by atoms with Gasteiger partial charge in [0.15, 0.2) is 0 Å². The number of imidazole rings is 1. The molecule has 1 heterocycles. The summed E-state index contributed by atoms with van der Waals surface area (Å²) in [6, 6.07) is 4.76. The van der Waals surface area contributed by atoms with Crippen LogP contribution in [0.5, 0.6) is 5.75 Å². The van der Waals surface area contributed by atoms with Gasteiger partial charge in [0.2, 0.25) is 5.91 Å². The number of nitrogen functional groups attached to an aromatic ring is 1. The zero-order valence-electron chi connectivity index (χ0n) is 12.5. The van der Waals surface area contributed by atoms with Crippen LogP contribution in [0.1, 0.15) is 25.7 Å². The monoisotopic (exact) mass is 288 g/mol. The third-order valence-corrected chi connectivity index (χ3v) is 3.34. The van der Waals surface area contributed by atoms with E-state index in [0.717, 1.165) is 12.2 Å². The Kier molecular flexibility index (Phi) is 4.47. The molecule has 0 bridgehead atoms. The van der Waals surface area contributed by atoms with Crippen molar-refractivity contribution in [2.24, 2.45) is 0 Å². The predicted octanol–water partition coefficient (Wildman–Crippen LogP) is 2.24. The minimum Gasteiger partial charge on any atom is -0.495 e. The van der Waals surface area contributed by atoms with Gasteiger partial charge in [-0.3, -0.25) is 4.79 Å². The SMILES string of the molecule is CCc1nccn1C(C)C(=O)Nc1cc(N)ccc1OC. The quantitative estimate of drug-likeness (QED) is 0.827. The minimum atomic E-state index is -0.367. The molecule has 0 aliphatic rings. The van der Waals surface area contributed by atoms with Crippen LogP contribution in [0.2, 0.25) is 0 Å². The fourth-order valence-corrected chi connectivity index (χ4v) is 2.16. The average molecular weight is 288 g/mol. The van der Waals surface area contributed by atoms with Gasteiger partial charge in [-0.15, -0.1) is 0 Å². The number of amides is 1. The number of benzene rings is 1. The van der Waals surface area contributed by atoms with Crippen LogP contribution in [-0.4, -0.2) is 22.6 Å². The third kappa shape index (κ3) is 3.16. The maximum atomic E-state index is 12.4. The van der Waals surface area contributed by atoms with E-state index in [2.05, 4.69) is 10.3 Å². The lowest BCUT2D eigenvalue weighted by Crippen LogP contribution is -2.24. The Morgan fingerprint density at radius 2 is 2.29 bits per heavy atom. The van der Waals surface area contributed by atoms with E-state index in [1.807, 2.05) is 18.4 Å².